The molecule has 1 aromatic heterocycles. The van der Waals surface area contributed by atoms with Crippen molar-refractivity contribution in [2.45, 2.75) is 18.8 Å². The first-order valence-electron chi connectivity index (χ1n) is 6.24. The number of hydrogen-bond acceptors (Lipinski definition) is 4. The summed E-state index contributed by atoms with van der Waals surface area (Å²) in [6.45, 7) is 1.85. The first-order chi connectivity index (χ1) is 9.24. The van der Waals surface area contributed by atoms with E-state index in [0.29, 0.717) is 10.8 Å². The maximum atomic E-state index is 13.7. The maximum Gasteiger partial charge on any atom is 0.260 e. The van der Waals surface area contributed by atoms with Crippen LogP contribution >= 0.6 is 11.6 Å². The molecule has 4 nitrogen and oxygen atoms in total. The molecule has 100 valence electrons. The number of halogens is 2. The van der Waals surface area contributed by atoms with Crippen LogP contribution in [-0.2, 0) is 0 Å². The molecule has 1 aliphatic rings. The fraction of sp³-hybridized carbons (Fsp3) is 0.385. The van der Waals surface area contributed by atoms with Crippen molar-refractivity contribution in [3.05, 3.63) is 34.9 Å². The highest BCUT2D eigenvalue weighted by atomic mass is 35.5. The topological polar surface area (TPSA) is 51.0 Å². The number of aromatic nitrogens is 2. The molecule has 1 fully saturated rings. The summed E-state index contributed by atoms with van der Waals surface area (Å²) in [5, 5.41) is 7.68. The Morgan fingerprint density at radius 1 is 1.42 bits per heavy atom. The highest BCUT2D eigenvalue weighted by Crippen LogP contribution is 2.27. The summed E-state index contributed by atoms with van der Waals surface area (Å²) < 4.78 is 18.9. The van der Waals surface area contributed by atoms with Gasteiger partial charge in [0.05, 0.1) is 5.56 Å². The van der Waals surface area contributed by atoms with E-state index < -0.39 is 5.82 Å². The predicted molar refractivity (Wildman–Crippen MR) is 69.5 cm³/mol. The van der Waals surface area contributed by atoms with E-state index in [1.807, 2.05) is 0 Å². The third-order valence-electron chi connectivity index (χ3n) is 3.26. The highest BCUT2D eigenvalue weighted by molar-refractivity contribution is 6.30. The van der Waals surface area contributed by atoms with E-state index >= 15 is 0 Å². The van der Waals surface area contributed by atoms with Gasteiger partial charge in [0.15, 0.2) is 5.82 Å². The summed E-state index contributed by atoms with van der Waals surface area (Å²) in [7, 11) is 0. The Labute approximate surface area is 115 Å². The monoisotopic (exact) mass is 281 g/mol. The summed E-state index contributed by atoms with van der Waals surface area (Å²) in [5.41, 5.74) is 0.245. The van der Waals surface area contributed by atoms with E-state index in [2.05, 4.69) is 15.5 Å². The molecule has 1 N–H and O–H groups in total. The van der Waals surface area contributed by atoms with Crippen molar-refractivity contribution in [2.24, 2.45) is 0 Å². The van der Waals surface area contributed by atoms with Crippen molar-refractivity contribution in [1.82, 2.24) is 15.5 Å². The summed E-state index contributed by atoms with van der Waals surface area (Å²) in [4.78, 5) is 4.29. The van der Waals surface area contributed by atoms with Gasteiger partial charge in [-0.25, -0.2) is 4.39 Å². The van der Waals surface area contributed by atoms with E-state index in [1.54, 1.807) is 0 Å². The zero-order valence-corrected chi connectivity index (χ0v) is 11.0. The maximum absolute atomic E-state index is 13.7. The van der Waals surface area contributed by atoms with Gasteiger partial charge < -0.3 is 9.84 Å². The van der Waals surface area contributed by atoms with Crippen molar-refractivity contribution in [3.63, 3.8) is 0 Å². The molecule has 3 rings (SSSR count). The molecule has 0 radical (unpaired) electrons. The molecule has 19 heavy (non-hydrogen) atoms. The average Bonchev–Trinajstić information content (AvgIpc) is 2.92. The van der Waals surface area contributed by atoms with Gasteiger partial charge in [0, 0.05) is 17.5 Å². The van der Waals surface area contributed by atoms with Gasteiger partial charge in [-0.2, -0.15) is 4.98 Å². The molecule has 1 saturated heterocycles. The second kappa shape index (κ2) is 5.27. The Balaban J connectivity index is 1.89. The number of nitrogens with zero attached hydrogens (tertiary/aromatic N) is 2. The molecule has 0 amide bonds. The van der Waals surface area contributed by atoms with Crippen LogP contribution < -0.4 is 5.32 Å². The smallest absolute Gasteiger partial charge is 0.260 e. The minimum Gasteiger partial charge on any atom is -0.334 e. The Kier molecular flexibility index (Phi) is 3.48. The molecule has 1 unspecified atom stereocenters. The molecule has 1 aliphatic heterocycles. The van der Waals surface area contributed by atoms with E-state index in [-0.39, 0.29) is 17.4 Å². The van der Waals surface area contributed by atoms with E-state index in [9.17, 15) is 4.39 Å². The second-order valence-corrected chi connectivity index (χ2v) is 5.06. The number of piperidine rings is 1. The van der Waals surface area contributed by atoms with Crippen LogP contribution in [0.5, 0.6) is 0 Å². The number of nitrogens with one attached hydrogen (secondary N) is 1. The van der Waals surface area contributed by atoms with Gasteiger partial charge >= 0.3 is 0 Å². The Morgan fingerprint density at radius 2 is 2.32 bits per heavy atom. The minimum absolute atomic E-state index is 0.181. The molecule has 2 heterocycles. The van der Waals surface area contributed by atoms with Crippen LogP contribution in [0.2, 0.25) is 5.02 Å². The molecule has 0 saturated carbocycles. The van der Waals surface area contributed by atoms with Crippen LogP contribution in [0.15, 0.2) is 22.7 Å². The van der Waals surface area contributed by atoms with Crippen LogP contribution in [0.4, 0.5) is 4.39 Å². The molecule has 0 aliphatic carbocycles. The SMILES string of the molecule is Fc1ccc(Cl)cc1-c1nc(C2CCCNC2)no1. The van der Waals surface area contributed by atoms with E-state index in [1.165, 1.54) is 18.2 Å². The zero-order valence-electron chi connectivity index (χ0n) is 10.2. The molecule has 2 aromatic rings. The van der Waals surface area contributed by atoms with Gasteiger partial charge in [-0.05, 0) is 37.6 Å². The number of benzene rings is 1. The van der Waals surface area contributed by atoms with Crippen molar-refractivity contribution in [1.29, 1.82) is 0 Å². The Morgan fingerprint density at radius 3 is 3.11 bits per heavy atom. The molecular weight excluding hydrogens is 269 g/mol. The van der Waals surface area contributed by atoms with Crippen LogP contribution in [0, 0.1) is 5.82 Å². The van der Waals surface area contributed by atoms with E-state index in [4.69, 9.17) is 16.1 Å². The van der Waals surface area contributed by atoms with Crippen molar-refractivity contribution >= 4 is 11.6 Å². The van der Waals surface area contributed by atoms with Gasteiger partial charge in [-0.3, -0.25) is 0 Å². The van der Waals surface area contributed by atoms with Crippen molar-refractivity contribution < 1.29 is 8.91 Å². The lowest BCUT2D eigenvalue weighted by atomic mass is 9.99. The summed E-state index contributed by atoms with van der Waals surface area (Å²) >= 11 is 5.86. The fourth-order valence-electron chi connectivity index (χ4n) is 2.24. The summed E-state index contributed by atoms with van der Waals surface area (Å²) in [6, 6.07) is 4.28. The van der Waals surface area contributed by atoms with Crippen LogP contribution in [0.25, 0.3) is 11.5 Å². The quantitative estimate of drug-likeness (QED) is 0.919. The minimum atomic E-state index is -0.415. The van der Waals surface area contributed by atoms with Gasteiger partial charge in [-0.1, -0.05) is 16.8 Å². The molecule has 1 aromatic carbocycles. The highest BCUT2D eigenvalue weighted by Gasteiger charge is 2.22. The lowest BCUT2D eigenvalue weighted by Crippen LogP contribution is -2.28. The molecule has 1 atom stereocenters. The average molecular weight is 282 g/mol. The first-order valence-corrected chi connectivity index (χ1v) is 6.61. The molecular formula is C13H13ClFN3O. The summed E-state index contributed by atoms with van der Waals surface area (Å²) in [6.07, 6.45) is 2.10. The van der Waals surface area contributed by atoms with Crippen LogP contribution in [-0.4, -0.2) is 23.2 Å². The third-order valence-corrected chi connectivity index (χ3v) is 3.50. The second-order valence-electron chi connectivity index (χ2n) is 4.63. The van der Waals surface area contributed by atoms with Crippen LogP contribution in [0.3, 0.4) is 0 Å². The Hall–Kier alpha value is -1.46. The largest absolute Gasteiger partial charge is 0.334 e. The number of rotatable bonds is 2. The number of hydrogen-bond donors (Lipinski definition) is 1. The third kappa shape index (κ3) is 2.62. The normalized spacial score (nSPS) is 19.6. The lowest BCUT2D eigenvalue weighted by Gasteiger charge is -2.19. The van der Waals surface area contributed by atoms with Gasteiger partial charge in [0.25, 0.3) is 5.89 Å². The standard InChI is InChI=1S/C13H13ClFN3O/c14-9-3-4-11(15)10(6-9)13-17-12(18-19-13)8-2-1-5-16-7-8/h3-4,6,8,16H,1-2,5,7H2. The zero-order chi connectivity index (χ0) is 13.2. The lowest BCUT2D eigenvalue weighted by molar-refractivity contribution is 0.392. The van der Waals surface area contributed by atoms with Crippen molar-refractivity contribution in [2.75, 3.05) is 13.1 Å². The van der Waals surface area contributed by atoms with Gasteiger partial charge in [0.1, 0.15) is 5.82 Å². The molecule has 6 heteroatoms. The predicted octanol–water partition coefficient (Wildman–Crippen LogP) is 3.00. The van der Waals surface area contributed by atoms with E-state index in [0.717, 1.165) is 25.9 Å². The summed E-state index contributed by atoms with van der Waals surface area (Å²) in [5.74, 6) is 0.622. The van der Waals surface area contributed by atoms with Gasteiger partial charge in [0.2, 0.25) is 0 Å². The molecule has 0 spiro atoms. The molecule has 0 bridgehead atoms. The van der Waals surface area contributed by atoms with Gasteiger partial charge in [-0.15, -0.1) is 0 Å². The first kappa shape index (κ1) is 12.6. The fourth-order valence-corrected chi connectivity index (χ4v) is 2.42. The Bertz CT molecular complexity index is 581. The van der Waals surface area contributed by atoms with Crippen LogP contribution in [0.1, 0.15) is 24.6 Å². The van der Waals surface area contributed by atoms with Crippen molar-refractivity contribution in [3.8, 4) is 11.5 Å².